The van der Waals surface area contributed by atoms with Crippen LogP contribution in [0.5, 0.6) is 5.88 Å². The van der Waals surface area contributed by atoms with E-state index in [1.165, 1.54) is 11.7 Å². The summed E-state index contributed by atoms with van der Waals surface area (Å²) >= 11 is 0. The van der Waals surface area contributed by atoms with E-state index in [2.05, 4.69) is 23.8 Å². The molecule has 0 fully saturated rings. The number of aromatic hydroxyl groups is 1. The smallest absolute Gasteiger partial charge is 0.305 e. The Morgan fingerprint density at radius 2 is 1.83 bits per heavy atom. The monoisotopic (exact) mass is 651 g/mol. The lowest BCUT2D eigenvalue weighted by Gasteiger charge is -2.16. The first-order valence-corrected chi connectivity index (χ1v) is 17.0. The van der Waals surface area contributed by atoms with E-state index in [-0.39, 0.29) is 41.4 Å². The van der Waals surface area contributed by atoms with Gasteiger partial charge in [-0.05, 0) is 87.5 Å². The molecule has 0 amide bonds. The van der Waals surface area contributed by atoms with Crippen molar-refractivity contribution in [3.63, 3.8) is 0 Å². The quantitative estimate of drug-likeness (QED) is 0.228. The number of H-pyrrole nitrogens is 2. The molecule has 8 bridgehead atoms. The minimum absolute atomic E-state index is 0.0425. The maximum atomic E-state index is 14.1. The zero-order chi connectivity index (χ0) is 34.6. The lowest BCUT2D eigenvalue weighted by molar-refractivity contribution is -0.140. The van der Waals surface area contributed by atoms with Crippen LogP contribution in [0.15, 0.2) is 31.6 Å². The molecule has 10 heteroatoms. The van der Waals surface area contributed by atoms with E-state index in [0.29, 0.717) is 52.5 Å². The SMILES string of the molecule is CCCCn1c(O)c2c3[nH]c(c(C)c3c1=O)C=C1N=C(/C=c3\[nH]/c(c(C)c3C(C)=O)=C\C3N=C2C(CCC(=O)OC)=C3C)[C@H](C)[C@H]1CC. The summed E-state index contributed by atoms with van der Waals surface area (Å²) in [6.07, 6.45) is 8.89. The summed E-state index contributed by atoms with van der Waals surface area (Å²) in [4.78, 5) is 56.8. The highest BCUT2D eigenvalue weighted by molar-refractivity contribution is 6.22. The summed E-state index contributed by atoms with van der Waals surface area (Å²) < 4.78 is 6.44. The van der Waals surface area contributed by atoms with Crippen molar-refractivity contribution >= 4 is 52.3 Å². The first-order valence-electron chi connectivity index (χ1n) is 17.0. The Morgan fingerprint density at radius 3 is 2.50 bits per heavy atom. The van der Waals surface area contributed by atoms with Gasteiger partial charge in [-0.15, -0.1) is 0 Å². The lowest BCUT2D eigenvalue weighted by Crippen LogP contribution is -2.23. The molecule has 1 unspecified atom stereocenters. The Kier molecular flexibility index (Phi) is 8.78. The molecular weight excluding hydrogens is 606 g/mol. The number of nitrogens with zero attached hydrogens (tertiary/aromatic N) is 3. The number of esters is 1. The molecule has 3 aliphatic rings. The average molecular weight is 652 g/mol. The molecule has 3 N–H and O–H groups in total. The predicted octanol–water partition coefficient (Wildman–Crippen LogP) is 5.16. The fraction of sp³-hybridized carbons (Fsp3) is 0.447. The molecule has 0 saturated carbocycles. The summed E-state index contributed by atoms with van der Waals surface area (Å²) in [5, 5.41) is 13.9. The van der Waals surface area contributed by atoms with Gasteiger partial charge in [0, 0.05) is 52.8 Å². The standard InChI is InChI=1S/C38H45N5O5/c1-9-11-14-43-37(46)33-21(6)28-16-29-23(10-2)18(3)25(39-29)17-30-32(22(7)44)20(5)27(40-30)15-26-19(4)24(12-13-31(45)48-8)35(41-26)34(38(43)47)36(33)42-28/h15-18,23,26,40,42,47H,9-14H2,1-8H3/b27-15-,29-16?,30-17-/t18-,23-,26?/m1/s1. The Balaban J connectivity index is 1.76. The molecule has 0 radical (unpaired) electrons. The van der Waals surface area contributed by atoms with Crippen molar-refractivity contribution in [1.82, 2.24) is 14.5 Å². The normalized spacial score (nSPS) is 21.5. The number of rotatable bonds is 8. The van der Waals surface area contributed by atoms with Gasteiger partial charge in [-0.3, -0.25) is 28.9 Å². The number of allylic oxidation sites excluding steroid dienone is 2. The summed E-state index contributed by atoms with van der Waals surface area (Å²) in [6, 6.07) is -0.453. The van der Waals surface area contributed by atoms with Crippen LogP contribution in [0.1, 0.15) is 99.5 Å². The molecule has 3 aromatic rings. The highest BCUT2D eigenvalue weighted by Crippen LogP contribution is 2.39. The second-order valence-electron chi connectivity index (χ2n) is 13.3. The molecule has 0 aromatic carbocycles. The van der Waals surface area contributed by atoms with Crippen LogP contribution in [0.2, 0.25) is 0 Å². The molecule has 48 heavy (non-hydrogen) atoms. The number of aryl methyl sites for hydroxylation is 1. The third kappa shape index (κ3) is 5.31. The van der Waals surface area contributed by atoms with E-state index in [1.807, 2.05) is 45.9 Å². The number of methoxy groups -OCH3 is 1. The zero-order valence-corrected chi connectivity index (χ0v) is 29.1. The van der Waals surface area contributed by atoms with Crippen molar-refractivity contribution in [2.45, 2.75) is 93.2 Å². The van der Waals surface area contributed by atoms with Crippen molar-refractivity contribution in [2.75, 3.05) is 7.11 Å². The van der Waals surface area contributed by atoms with Gasteiger partial charge in [0.15, 0.2) is 5.78 Å². The number of nitrogens with one attached hydrogen (secondary N) is 2. The molecule has 6 rings (SSSR count). The van der Waals surface area contributed by atoms with E-state index in [4.69, 9.17) is 14.7 Å². The Hall–Kier alpha value is -4.73. The van der Waals surface area contributed by atoms with Crippen LogP contribution in [0, 0.1) is 25.7 Å². The molecule has 3 atom stereocenters. The molecule has 3 aromatic heterocycles. The number of hydrogen-bond acceptors (Lipinski definition) is 7. The van der Waals surface area contributed by atoms with Gasteiger partial charge in [-0.25, -0.2) is 0 Å². The van der Waals surface area contributed by atoms with Crippen LogP contribution in [0.4, 0.5) is 0 Å². The first-order chi connectivity index (χ1) is 22.9. The van der Waals surface area contributed by atoms with Crippen LogP contribution >= 0.6 is 0 Å². The van der Waals surface area contributed by atoms with Gasteiger partial charge in [0.25, 0.3) is 5.56 Å². The average Bonchev–Trinajstić information content (AvgIpc) is 3.73. The molecular formula is C38H45N5O5. The number of hydrogen-bond donors (Lipinski definition) is 3. The van der Waals surface area contributed by atoms with Gasteiger partial charge >= 0.3 is 5.97 Å². The summed E-state index contributed by atoms with van der Waals surface area (Å²) in [5.74, 6) is -0.314. The van der Waals surface area contributed by atoms with Gasteiger partial charge in [-0.1, -0.05) is 27.2 Å². The number of pyridine rings is 1. The second kappa shape index (κ2) is 12.7. The Bertz CT molecular complexity index is 2180. The maximum Gasteiger partial charge on any atom is 0.305 e. The number of ether oxygens (including phenoxy) is 1. The number of fused-ring (bicyclic) bond motifs is 6. The van der Waals surface area contributed by atoms with Gasteiger partial charge in [-0.2, -0.15) is 0 Å². The molecule has 0 aliphatic carbocycles. The summed E-state index contributed by atoms with van der Waals surface area (Å²) in [5.41, 5.74) is 7.67. The minimum atomic E-state index is -0.453. The van der Waals surface area contributed by atoms with Crippen molar-refractivity contribution in [3.05, 3.63) is 65.8 Å². The number of aromatic amines is 2. The van der Waals surface area contributed by atoms with Crippen molar-refractivity contribution in [1.29, 1.82) is 0 Å². The molecule has 6 heterocycles. The zero-order valence-electron chi connectivity index (χ0n) is 29.1. The van der Waals surface area contributed by atoms with E-state index >= 15 is 0 Å². The summed E-state index contributed by atoms with van der Waals surface area (Å²) in [7, 11) is 1.36. The van der Waals surface area contributed by atoms with Crippen molar-refractivity contribution < 1.29 is 19.4 Å². The fourth-order valence-electron chi connectivity index (χ4n) is 7.62. The van der Waals surface area contributed by atoms with Crippen LogP contribution in [0.25, 0.3) is 29.1 Å². The number of carbonyl (C=O) groups is 2. The largest absolute Gasteiger partial charge is 0.494 e. The highest BCUT2D eigenvalue weighted by Gasteiger charge is 2.34. The maximum absolute atomic E-state index is 14.1. The number of aliphatic imine (C=N–C) groups is 2. The van der Waals surface area contributed by atoms with Crippen LogP contribution < -0.4 is 16.3 Å². The van der Waals surface area contributed by atoms with E-state index in [0.717, 1.165) is 57.6 Å². The van der Waals surface area contributed by atoms with Gasteiger partial charge < -0.3 is 19.8 Å². The van der Waals surface area contributed by atoms with E-state index in [9.17, 15) is 19.5 Å². The highest BCUT2D eigenvalue weighted by atomic mass is 16.5. The number of unbranched alkanes of at least 4 members (excludes halogenated alkanes) is 1. The number of Topliss-reactive ketones (excluding diaryl/α,β-unsaturated/α-hetero) is 1. The van der Waals surface area contributed by atoms with E-state index in [1.54, 1.807) is 6.92 Å². The Morgan fingerprint density at radius 1 is 1.08 bits per heavy atom. The predicted molar refractivity (Wildman–Crippen MR) is 190 cm³/mol. The van der Waals surface area contributed by atoms with Gasteiger partial charge in [0.2, 0.25) is 5.88 Å². The Labute approximate surface area is 279 Å². The fourth-order valence-corrected chi connectivity index (χ4v) is 7.62. The first kappa shape index (κ1) is 33.2. The summed E-state index contributed by atoms with van der Waals surface area (Å²) in [6.45, 7) is 14.1. The van der Waals surface area contributed by atoms with Crippen LogP contribution in [0.3, 0.4) is 0 Å². The molecule has 252 valence electrons. The van der Waals surface area contributed by atoms with Gasteiger partial charge in [0.1, 0.15) is 0 Å². The molecule has 3 aliphatic heterocycles. The number of aromatic nitrogens is 3. The lowest BCUT2D eigenvalue weighted by atomic mass is 9.88. The minimum Gasteiger partial charge on any atom is -0.494 e. The van der Waals surface area contributed by atoms with Crippen molar-refractivity contribution in [3.8, 4) is 5.88 Å². The van der Waals surface area contributed by atoms with E-state index < -0.39 is 6.04 Å². The van der Waals surface area contributed by atoms with Crippen LogP contribution in [-0.4, -0.2) is 56.0 Å². The number of carbonyl (C=O) groups excluding carboxylic acids is 2. The third-order valence-electron chi connectivity index (χ3n) is 10.5. The molecule has 0 saturated heterocycles. The molecule has 0 spiro atoms. The molecule has 10 nitrogen and oxygen atoms in total. The number of ketones is 1. The topological polar surface area (TPSA) is 142 Å². The van der Waals surface area contributed by atoms with Gasteiger partial charge in [0.05, 0.1) is 40.7 Å². The van der Waals surface area contributed by atoms with Crippen LogP contribution in [-0.2, 0) is 16.1 Å². The third-order valence-corrected chi connectivity index (χ3v) is 10.5. The van der Waals surface area contributed by atoms with Crippen molar-refractivity contribution in [2.24, 2.45) is 21.8 Å². The second-order valence-corrected chi connectivity index (χ2v) is 13.3.